The van der Waals surface area contributed by atoms with Gasteiger partial charge in [0.25, 0.3) is 0 Å². The zero-order chi connectivity index (χ0) is 17.8. The van der Waals surface area contributed by atoms with Crippen LogP contribution in [0.1, 0.15) is 18.5 Å². The smallest absolute Gasteiger partial charge is 0.234 e. The number of fused-ring (bicyclic) bond motifs is 1. The second kappa shape index (κ2) is 7.70. The van der Waals surface area contributed by atoms with E-state index in [9.17, 15) is 9.59 Å². The summed E-state index contributed by atoms with van der Waals surface area (Å²) >= 11 is 0. The summed E-state index contributed by atoms with van der Waals surface area (Å²) in [6, 6.07) is 10.4. The number of piperidine rings is 1. The molecule has 0 bridgehead atoms. The zero-order valence-electron chi connectivity index (χ0n) is 14.7. The normalized spacial score (nSPS) is 16.2. The highest BCUT2D eigenvalue weighted by Crippen LogP contribution is 2.19. The van der Waals surface area contributed by atoms with Crippen LogP contribution < -0.4 is 11.1 Å². The molecule has 1 fully saturated rings. The number of nitrogens with zero attached hydrogens (tertiary/aromatic N) is 2. The van der Waals surface area contributed by atoms with Crippen LogP contribution in [0.5, 0.6) is 0 Å². The molecule has 2 heterocycles. The van der Waals surface area contributed by atoms with E-state index in [1.165, 1.54) is 16.6 Å². The summed E-state index contributed by atoms with van der Waals surface area (Å²) in [5.74, 6) is -0.227. The Bertz CT molecular complexity index is 760. The Balaban J connectivity index is 1.45. The molecule has 0 atom stereocenters. The third-order valence-electron chi connectivity index (χ3n) is 5.03. The van der Waals surface area contributed by atoms with Crippen LogP contribution in [0.15, 0.2) is 30.3 Å². The molecule has 0 radical (unpaired) electrons. The molecule has 0 unspecified atom stereocenters. The molecule has 1 aliphatic heterocycles. The first-order valence-corrected chi connectivity index (χ1v) is 8.88. The molecule has 6 heteroatoms. The highest BCUT2D eigenvalue weighted by molar-refractivity contribution is 5.81. The minimum absolute atomic E-state index is 0.0339. The zero-order valence-corrected chi connectivity index (χ0v) is 14.7. The molecule has 1 aromatic carbocycles. The van der Waals surface area contributed by atoms with Crippen molar-refractivity contribution in [1.29, 1.82) is 0 Å². The minimum Gasteiger partial charge on any atom is -0.369 e. The van der Waals surface area contributed by atoms with Crippen LogP contribution in [-0.2, 0) is 16.1 Å². The van der Waals surface area contributed by atoms with Crippen molar-refractivity contribution >= 4 is 22.7 Å². The first kappa shape index (κ1) is 17.5. The van der Waals surface area contributed by atoms with Crippen molar-refractivity contribution in [3.63, 3.8) is 0 Å². The van der Waals surface area contributed by atoms with E-state index in [0.29, 0.717) is 13.1 Å². The summed E-state index contributed by atoms with van der Waals surface area (Å²) < 4.78 is 2.23. The van der Waals surface area contributed by atoms with Crippen LogP contribution in [0, 0.1) is 12.8 Å². The predicted octanol–water partition coefficient (Wildman–Crippen LogP) is 1.26. The predicted molar refractivity (Wildman–Crippen MR) is 98.0 cm³/mol. The van der Waals surface area contributed by atoms with Gasteiger partial charge in [-0.3, -0.25) is 14.5 Å². The fourth-order valence-corrected chi connectivity index (χ4v) is 3.59. The Kier molecular flexibility index (Phi) is 5.38. The Hall–Kier alpha value is -2.34. The van der Waals surface area contributed by atoms with Gasteiger partial charge in [0, 0.05) is 30.2 Å². The molecule has 0 spiro atoms. The van der Waals surface area contributed by atoms with Gasteiger partial charge in [-0.1, -0.05) is 18.2 Å². The van der Waals surface area contributed by atoms with Crippen LogP contribution in [0.4, 0.5) is 0 Å². The Morgan fingerprint density at radius 2 is 1.96 bits per heavy atom. The standard InChI is InChI=1S/C19H26N4O2/c1-14-12-16-4-2-3-5-17(16)23(14)11-8-21-18(24)13-22-9-6-15(7-10-22)19(20)25/h2-5,12,15H,6-11,13H2,1H3,(H2,20,25)(H,21,24). The van der Waals surface area contributed by atoms with E-state index in [1.54, 1.807) is 0 Å². The number of primary amides is 1. The number of aromatic nitrogens is 1. The van der Waals surface area contributed by atoms with Gasteiger partial charge in [-0.05, 0) is 50.4 Å². The number of hydrogen-bond donors (Lipinski definition) is 2. The molecule has 2 amide bonds. The Morgan fingerprint density at radius 1 is 1.24 bits per heavy atom. The number of amides is 2. The lowest BCUT2D eigenvalue weighted by Gasteiger charge is -2.29. The molecule has 1 aliphatic rings. The first-order valence-electron chi connectivity index (χ1n) is 8.88. The van der Waals surface area contributed by atoms with E-state index in [1.807, 2.05) is 12.1 Å². The molecule has 6 nitrogen and oxygen atoms in total. The van der Waals surface area contributed by atoms with Crippen LogP contribution in [0.2, 0.25) is 0 Å². The Morgan fingerprint density at radius 3 is 2.68 bits per heavy atom. The van der Waals surface area contributed by atoms with Gasteiger partial charge in [-0.15, -0.1) is 0 Å². The third-order valence-corrected chi connectivity index (χ3v) is 5.03. The maximum Gasteiger partial charge on any atom is 0.234 e. The quantitative estimate of drug-likeness (QED) is 0.829. The number of hydrogen-bond acceptors (Lipinski definition) is 3. The van der Waals surface area contributed by atoms with Gasteiger partial charge in [-0.2, -0.15) is 0 Å². The lowest BCUT2D eigenvalue weighted by Crippen LogP contribution is -2.44. The fraction of sp³-hybridized carbons (Fsp3) is 0.474. The molecule has 0 aliphatic carbocycles. The van der Waals surface area contributed by atoms with E-state index in [-0.39, 0.29) is 17.7 Å². The molecule has 0 saturated carbocycles. The molecule has 25 heavy (non-hydrogen) atoms. The number of rotatable bonds is 6. The molecule has 3 N–H and O–H groups in total. The van der Waals surface area contributed by atoms with Crippen molar-refractivity contribution in [2.75, 3.05) is 26.2 Å². The number of carbonyl (C=O) groups excluding carboxylic acids is 2. The molecule has 2 aromatic rings. The van der Waals surface area contributed by atoms with Crippen LogP contribution in [0.25, 0.3) is 10.9 Å². The highest BCUT2D eigenvalue weighted by Gasteiger charge is 2.24. The molecule has 1 aromatic heterocycles. The lowest BCUT2D eigenvalue weighted by molar-refractivity contribution is -0.124. The number of nitrogens with two attached hydrogens (primary N) is 1. The molecule has 3 rings (SSSR count). The molecule has 1 saturated heterocycles. The van der Waals surface area contributed by atoms with Crippen molar-refractivity contribution in [2.24, 2.45) is 11.7 Å². The van der Waals surface area contributed by atoms with E-state index in [2.05, 4.69) is 39.9 Å². The topological polar surface area (TPSA) is 80.4 Å². The van der Waals surface area contributed by atoms with E-state index in [0.717, 1.165) is 32.5 Å². The van der Waals surface area contributed by atoms with Crippen molar-refractivity contribution in [2.45, 2.75) is 26.3 Å². The average molecular weight is 342 g/mol. The number of nitrogens with one attached hydrogen (secondary N) is 1. The second-order valence-corrected chi connectivity index (χ2v) is 6.80. The number of benzene rings is 1. The van der Waals surface area contributed by atoms with Crippen molar-refractivity contribution in [1.82, 2.24) is 14.8 Å². The summed E-state index contributed by atoms with van der Waals surface area (Å²) in [4.78, 5) is 25.4. The fourth-order valence-electron chi connectivity index (χ4n) is 3.59. The molecular weight excluding hydrogens is 316 g/mol. The summed E-state index contributed by atoms with van der Waals surface area (Å²) in [6.45, 7) is 5.34. The largest absolute Gasteiger partial charge is 0.369 e. The molecule has 134 valence electrons. The van der Waals surface area contributed by atoms with Gasteiger partial charge < -0.3 is 15.6 Å². The SMILES string of the molecule is Cc1cc2ccccc2n1CCNC(=O)CN1CCC(C(N)=O)CC1. The van der Waals surface area contributed by atoms with E-state index in [4.69, 9.17) is 5.73 Å². The van der Waals surface area contributed by atoms with Crippen molar-refractivity contribution in [3.05, 3.63) is 36.0 Å². The van der Waals surface area contributed by atoms with Crippen LogP contribution >= 0.6 is 0 Å². The Labute approximate surface area is 148 Å². The van der Waals surface area contributed by atoms with Gasteiger partial charge in [0.2, 0.25) is 11.8 Å². The van der Waals surface area contributed by atoms with E-state index < -0.39 is 0 Å². The van der Waals surface area contributed by atoms with Gasteiger partial charge in [0.1, 0.15) is 0 Å². The number of aryl methyl sites for hydroxylation is 1. The highest BCUT2D eigenvalue weighted by atomic mass is 16.2. The summed E-state index contributed by atoms with van der Waals surface area (Å²) in [5, 5.41) is 4.23. The maximum absolute atomic E-state index is 12.2. The second-order valence-electron chi connectivity index (χ2n) is 6.80. The summed E-state index contributed by atoms with van der Waals surface area (Å²) in [6.07, 6.45) is 1.49. The number of likely N-dealkylation sites (tertiary alicyclic amines) is 1. The van der Waals surface area contributed by atoms with Gasteiger partial charge in [0.15, 0.2) is 0 Å². The maximum atomic E-state index is 12.2. The average Bonchev–Trinajstić information content (AvgIpc) is 2.91. The van der Waals surface area contributed by atoms with Crippen molar-refractivity contribution in [3.8, 4) is 0 Å². The van der Waals surface area contributed by atoms with Gasteiger partial charge in [0.05, 0.1) is 6.54 Å². The number of para-hydroxylation sites is 1. The molecular formula is C19H26N4O2. The summed E-state index contributed by atoms with van der Waals surface area (Å²) in [5.41, 5.74) is 7.73. The van der Waals surface area contributed by atoms with Gasteiger partial charge in [-0.25, -0.2) is 0 Å². The number of carbonyl (C=O) groups is 2. The summed E-state index contributed by atoms with van der Waals surface area (Å²) in [7, 11) is 0. The minimum atomic E-state index is -0.224. The van der Waals surface area contributed by atoms with Crippen molar-refractivity contribution < 1.29 is 9.59 Å². The monoisotopic (exact) mass is 342 g/mol. The first-order chi connectivity index (χ1) is 12.0. The van der Waals surface area contributed by atoms with Crippen LogP contribution in [0.3, 0.4) is 0 Å². The third kappa shape index (κ3) is 4.20. The van der Waals surface area contributed by atoms with Crippen LogP contribution in [-0.4, -0.2) is 47.5 Å². The van der Waals surface area contributed by atoms with Gasteiger partial charge >= 0.3 is 0 Å². The lowest BCUT2D eigenvalue weighted by atomic mass is 9.96. The van der Waals surface area contributed by atoms with E-state index >= 15 is 0 Å².